The van der Waals surface area contributed by atoms with Crippen LogP contribution in [-0.4, -0.2) is 20.9 Å². The molecule has 3 N–H and O–H groups in total. The van der Waals surface area contributed by atoms with E-state index in [9.17, 15) is 4.79 Å². The summed E-state index contributed by atoms with van der Waals surface area (Å²) in [5.74, 6) is 1.73. The third-order valence-corrected chi connectivity index (χ3v) is 3.79. The van der Waals surface area contributed by atoms with Gasteiger partial charge in [-0.15, -0.1) is 0 Å². The predicted octanol–water partition coefficient (Wildman–Crippen LogP) is 4.20. The third kappa shape index (κ3) is 4.31. The van der Waals surface area contributed by atoms with Crippen LogP contribution in [0.3, 0.4) is 0 Å². The van der Waals surface area contributed by atoms with Crippen molar-refractivity contribution in [1.29, 1.82) is 0 Å². The normalized spacial score (nSPS) is 10.3. The van der Waals surface area contributed by atoms with E-state index in [0.717, 1.165) is 5.69 Å². The van der Waals surface area contributed by atoms with Gasteiger partial charge in [0.25, 0.3) is 5.91 Å². The van der Waals surface area contributed by atoms with Crippen LogP contribution >= 0.6 is 0 Å². The highest BCUT2D eigenvalue weighted by Gasteiger charge is 2.07. The average Bonchev–Trinajstić information content (AvgIpc) is 3.26. The first-order chi connectivity index (χ1) is 13.8. The van der Waals surface area contributed by atoms with Gasteiger partial charge in [0.2, 0.25) is 0 Å². The number of nitrogens with zero attached hydrogens (tertiary/aromatic N) is 3. The summed E-state index contributed by atoms with van der Waals surface area (Å²) in [4.78, 5) is 24.6. The third-order valence-electron chi connectivity index (χ3n) is 3.79. The lowest BCUT2D eigenvalue weighted by Crippen LogP contribution is -2.10. The number of carbonyl (C=O) groups is 1. The number of aromatic nitrogens is 3. The number of carbonyl (C=O) groups excluding carboxylic acids is 1. The first-order valence-corrected chi connectivity index (χ1v) is 8.47. The summed E-state index contributed by atoms with van der Waals surface area (Å²) in [7, 11) is 0. The van der Waals surface area contributed by atoms with Gasteiger partial charge in [0.05, 0.1) is 11.8 Å². The summed E-state index contributed by atoms with van der Waals surface area (Å²) in [5, 5.41) is 9.12. The molecule has 1 aromatic carbocycles. The molecule has 3 aromatic heterocycles. The highest BCUT2D eigenvalue weighted by molar-refractivity contribution is 6.04. The molecule has 4 aromatic rings. The summed E-state index contributed by atoms with van der Waals surface area (Å²) in [6, 6.07) is 16.3. The van der Waals surface area contributed by atoms with Crippen LogP contribution in [-0.2, 0) is 0 Å². The van der Waals surface area contributed by atoms with E-state index in [-0.39, 0.29) is 5.91 Å². The van der Waals surface area contributed by atoms with Gasteiger partial charge in [0, 0.05) is 23.6 Å². The molecule has 0 aliphatic carbocycles. The minimum atomic E-state index is -0.226. The molecular formula is C20H16N6O2. The second kappa shape index (κ2) is 8.00. The van der Waals surface area contributed by atoms with E-state index in [4.69, 9.17) is 4.42 Å². The molecule has 0 aliphatic heterocycles. The number of furan rings is 1. The SMILES string of the molecule is O=C(Nc1ccc(Nc2cc(Nc3ccccn3)ncn2)cc1)c1ccoc1. The van der Waals surface area contributed by atoms with Crippen molar-refractivity contribution in [2.75, 3.05) is 16.0 Å². The Morgan fingerprint density at radius 1 is 0.821 bits per heavy atom. The van der Waals surface area contributed by atoms with Crippen LogP contribution < -0.4 is 16.0 Å². The van der Waals surface area contributed by atoms with Gasteiger partial charge in [-0.1, -0.05) is 6.07 Å². The first-order valence-electron chi connectivity index (χ1n) is 8.47. The van der Waals surface area contributed by atoms with Gasteiger partial charge in [-0.25, -0.2) is 15.0 Å². The number of rotatable bonds is 6. The van der Waals surface area contributed by atoms with E-state index < -0.39 is 0 Å². The van der Waals surface area contributed by atoms with Crippen molar-refractivity contribution in [2.24, 2.45) is 0 Å². The van der Waals surface area contributed by atoms with Crippen molar-refractivity contribution in [1.82, 2.24) is 15.0 Å². The largest absolute Gasteiger partial charge is 0.472 e. The van der Waals surface area contributed by atoms with E-state index in [0.29, 0.717) is 28.7 Å². The van der Waals surface area contributed by atoms with Gasteiger partial charge in [0.15, 0.2) is 0 Å². The monoisotopic (exact) mass is 372 g/mol. The molecule has 0 spiro atoms. The van der Waals surface area contributed by atoms with Crippen LogP contribution in [0.25, 0.3) is 0 Å². The molecule has 28 heavy (non-hydrogen) atoms. The van der Waals surface area contributed by atoms with Crippen molar-refractivity contribution in [3.8, 4) is 0 Å². The van der Waals surface area contributed by atoms with Crippen molar-refractivity contribution >= 4 is 34.7 Å². The summed E-state index contributed by atoms with van der Waals surface area (Å²) in [6.45, 7) is 0. The summed E-state index contributed by atoms with van der Waals surface area (Å²) in [6.07, 6.45) is 6.03. The maximum absolute atomic E-state index is 12.0. The number of benzene rings is 1. The zero-order chi connectivity index (χ0) is 19.2. The molecule has 0 aliphatic rings. The molecular weight excluding hydrogens is 356 g/mol. The zero-order valence-electron chi connectivity index (χ0n) is 14.7. The molecule has 0 saturated heterocycles. The summed E-state index contributed by atoms with van der Waals surface area (Å²) >= 11 is 0. The van der Waals surface area contributed by atoms with Crippen LogP contribution in [0.4, 0.5) is 28.8 Å². The Bertz CT molecular complexity index is 1050. The molecule has 0 fully saturated rings. The Morgan fingerprint density at radius 3 is 2.32 bits per heavy atom. The average molecular weight is 372 g/mol. The molecule has 1 amide bonds. The standard InChI is InChI=1S/C20H16N6O2/c27-20(14-8-10-28-12-14)25-16-6-4-15(5-7-16)24-18-11-19(23-13-22-18)26-17-3-1-2-9-21-17/h1-13H,(H,25,27)(H2,21,22,23,24,26). The first kappa shape index (κ1) is 17.2. The van der Waals surface area contributed by atoms with Gasteiger partial charge < -0.3 is 20.4 Å². The van der Waals surface area contributed by atoms with E-state index in [2.05, 4.69) is 30.9 Å². The van der Waals surface area contributed by atoms with Gasteiger partial charge in [0.1, 0.15) is 30.0 Å². The van der Waals surface area contributed by atoms with Crippen molar-refractivity contribution in [3.05, 3.63) is 85.2 Å². The van der Waals surface area contributed by atoms with Crippen LogP contribution in [0.5, 0.6) is 0 Å². The van der Waals surface area contributed by atoms with Crippen molar-refractivity contribution in [3.63, 3.8) is 0 Å². The minimum Gasteiger partial charge on any atom is -0.472 e. The summed E-state index contributed by atoms with van der Waals surface area (Å²) in [5.41, 5.74) is 1.97. The number of anilines is 5. The highest BCUT2D eigenvalue weighted by atomic mass is 16.3. The van der Waals surface area contributed by atoms with Crippen LogP contribution in [0.1, 0.15) is 10.4 Å². The Morgan fingerprint density at radius 2 is 1.61 bits per heavy atom. The fourth-order valence-corrected chi connectivity index (χ4v) is 2.44. The highest BCUT2D eigenvalue weighted by Crippen LogP contribution is 2.20. The van der Waals surface area contributed by atoms with Gasteiger partial charge >= 0.3 is 0 Å². The molecule has 8 heteroatoms. The van der Waals surface area contributed by atoms with Crippen LogP contribution in [0.15, 0.2) is 84.1 Å². The second-order valence-electron chi connectivity index (χ2n) is 5.80. The molecule has 0 bridgehead atoms. The summed E-state index contributed by atoms with van der Waals surface area (Å²) < 4.78 is 4.91. The number of hydrogen-bond acceptors (Lipinski definition) is 7. The lowest BCUT2D eigenvalue weighted by Gasteiger charge is -2.09. The number of hydrogen-bond donors (Lipinski definition) is 3. The van der Waals surface area contributed by atoms with Crippen LogP contribution in [0, 0.1) is 0 Å². The van der Waals surface area contributed by atoms with Gasteiger partial charge in [-0.3, -0.25) is 4.79 Å². The zero-order valence-corrected chi connectivity index (χ0v) is 14.7. The Labute approximate surface area is 160 Å². The lowest BCUT2D eigenvalue weighted by atomic mass is 10.2. The van der Waals surface area contributed by atoms with E-state index in [1.54, 1.807) is 30.5 Å². The molecule has 3 heterocycles. The van der Waals surface area contributed by atoms with E-state index in [1.165, 1.54) is 18.9 Å². The maximum Gasteiger partial charge on any atom is 0.258 e. The van der Waals surface area contributed by atoms with E-state index in [1.807, 2.05) is 30.3 Å². The molecule has 0 unspecified atom stereocenters. The predicted molar refractivity (Wildman–Crippen MR) is 106 cm³/mol. The second-order valence-corrected chi connectivity index (χ2v) is 5.80. The Hall–Kier alpha value is -4.20. The van der Waals surface area contributed by atoms with E-state index >= 15 is 0 Å². The molecule has 0 radical (unpaired) electrons. The van der Waals surface area contributed by atoms with Gasteiger partial charge in [-0.2, -0.15) is 0 Å². The van der Waals surface area contributed by atoms with Gasteiger partial charge in [-0.05, 0) is 42.5 Å². The quantitative estimate of drug-likeness (QED) is 0.466. The number of nitrogens with one attached hydrogen (secondary N) is 3. The fourth-order valence-electron chi connectivity index (χ4n) is 2.44. The number of pyridine rings is 1. The topological polar surface area (TPSA) is 105 Å². The fraction of sp³-hybridized carbons (Fsp3) is 0. The maximum atomic E-state index is 12.0. The molecule has 138 valence electrons. The minimum absolute atomic E-state index is 0.226. The molecule has 8 nitrogen and oxygen atoms in total. The molecule has 0 saturated carbocycles. The number of amides is 1. The molecule has 0 atom stereocenters. The Balaban J connectivity index is 1.40. The lowest BCUT2D eigenvalue weighted by molar-refractivity contribution is 0.102. The van der Waals surface area contributed by atoms with Crippen LogP contribution in [0.2, 0.25) is 0 Å². The Kier molecular flexibility index (Phi) is 4.92. The smallest absolute Gasteiger partial charge is 0.258 e. The van der Waals surface area contributed by atoms with Crippen molar-refractivity contribution in [2.45, 2.75) is 0 Å². The molecule has 4 rings (SSSR count). The van der Waals surface area contributed by atoms with Crippen molar-refractivity contribution < 1.29 is 9.21 Å².